The number of fused-ring (bicyclic) bond motifs is 2. The van der Waals surface area contributed by atoms with Crippen LogP contribution in [0.1, 0.15) is 38.8 Å². The van der Waals surface area contributed by atoms with Gasteiger partial charge in [0, 0.05) is 37.3 Å². The first-order valence-corrected chi connectivity index (χ1v) is 9.03. The van der Waals surface area contributed by atoms with Crippen LogP contribution in [0, 0.1) is 11.8 Å². The van der Waals surface area contributed by atoms with E-state index in [1.807, 2.05) is 0 Å². The fraction of sp³-hybridized carbons (Fsp3) is 0.688. The highest BCUT2D eigenvalue weighted by molar-refractivity contribution is 7.15. The van der Waals surface area contributed by atoms with Crippen molar-refractivity contribution < 1.29 is 0 Å². The topological polar surface area (TPSA) is 32.6 Å². The quantitative estimate of drug-likeness (QED) is 0.942. The second-order valence-electron chi connectivity index (χ2n) is 6.83. The highest BCUT2D eigenvalue weighted by atomic mass is 32.1. The van der Waals surface area contributed by atoms with Crippen molar-refractivity contribution in [2.75, 3.05) is 18.0 Å². The third kappa shape index (κ3) is 2.36. The lowest BCUT2D eigenvalue weighted by Gasteiger charge is -2.19. The molecule has 4 nitrogen and oxygen atoms in total. The number of hydrogen-bond acceptors (Lipinski definition) is 4. The van der Waals surface area contributed by atoms with Gasteiger partial charge in [0.1, 0.15) is 0 Å². The first kappa shape index (κ1) is 13.6. The van der Waals surface area contributed by atoms with Gasteiger partial charge in [0.2, 0.25) is 0 Å². The van der Waals surface area contributed by atoms with Crippen molar-refractivity contribution in [2.24, 2.45) is 11.8 Å². The summed E-state index contributed by atoms with van der Waals surface area (Å²) >= 11 is 1.73. The molecule has 0 bridgehead atoms. The fourth-order valence-electron chi connectivity index (χ4n) is 3.95. The molecule has 0 aromatic carbocycles. The zero-order chi connectivity index (χ0) is 14.4. The van der Waals surface area contributed by atoms with Crippen molar-refractivity contribution in [1.29, 1.82) is 0 Å². The molecule has 1 saturated heterocycles. The summed E-state index contributed by atoms with van der Waals surface area (Å²) in [5.41, 5.74) is 1.33. The molecule has 1 aliphatic carbocycles. The Morgan fingerprint density at radius 2 is 2.10 bits per heavy atom. The summed E-state index contributed by atoms with van der Waals surface area (Å²) in [6.07, 6.45) is 6.43. The molecule has 1 saturated carbocycles. The Balaban J connectivity index is 1.64. The van der Waals surface area contributed by atoms with E-state index in [-0.39, 0.29) is 0 Å². The lowest BCUT2D eigenvalue weighted by molar-refractivity contribution is 0.494. The van der Waals surface area contributed by atoms with E-state index in [1.54, 1.807) is 11.3 Å². The molecular formula is C16H24N4S. The van der Waals surface area contributed by atoms with Crippen molar-refractivity contribution in [3.63, 3.8) is 0 Å². The molecule has 2 atom stereocenters. The van der Waals surface area contributed by atoms with Gasteiger partial charge in [0.05, 0.1) is 5.69 Å². The molecule has 3 heterocycles. The predicted molar refractivity (Wildman–Crippen MR) is 88.1 cm³/mol. The van der Waals surface area contributed by atoms with Crippen molar-refractivity contribution in [3.8, 4) is 0 Å². The van der Waals surface area contributed by atoms with E-state index < -0.39 is 0 Å². The first-order chi connectivity index (χ1) is 10.2. The van der Waals surface area contributed by atoms with Crippen LogP contribution in [-0.4, -0.2) is 28.5 Å². The first-order valence-electron chi connectivity index (χ1n) is 8.15. The van der Waals surface area contributed by atoms with Crippen LogP contribution >= 0.6 is 11.3 Å². The molecule has 2 aliphatic rings. The maximum atomic E-state index is 4.93. The summed E-state index contributed by atoms with van der Waals surface area (Å²) in [5, 5.41) is 5.69. The number of nitrogens with one attached hydrogen (secondary N) is 1. The molecule has 114 valence electrons. The number of aromatic nitrogens is 2. The maximum Gasteiger partial charge on any atom is 0.195 e. The average Bonchev–Trinajstić information content (AvgIpc) is 3.15. The van der Waals surface area contributed by atoms with Crippen LogP contribution in [0.3, 0.4) is 0 Å². The summed E-state index contributed by atoms with van der Waals surface area (Å²) in [4.78, 5) is 8.60. The summed E-state index contributed by atoms with van der Waals surface area (Å²) in [6.45, 7) is 7.72. The standard InChI is InChI=1S/C16H24N4S/c1-11(2)17-8-14-15(18-16-20(14)6-7-21-16)19-9-12-4-3-5-13(12)10-19/h6-7,11-13,17H,3-5,8-10H2,1-2H3. The van der Waals surface area contributed by atoms with Crippen molar-refractivity contribution in [2.45, 2.75) is 45.7 Å². The Bertz CT molecular complexity index is 617. The summed E-state index contributed by atoms with van der Waals surface area (Å²) in [7, 11) is 0. The van der Waals surface area contributed by atoms with Gasteiger partial charge in [0.25, 0.3) is 0 Å². The van der Waals surface area contributed by atoms with Gasteiger partial charge >= 0.3 is 0 Å². The zero-order valence-electron chi connectivity index (χ0n) is 12.9. The van der Waals surface area contributed by atoms with Crippen LogP contribution in [0.15, 0.2) is 11.6 Å². The molecule has 5 heteroatoms. The number of thiazole rings is 1. The van der Waals surface area contributed by atoms with Crippen LogP contribution in [0.5, 0.6) is 0 Å². The van der Waals surface area contributed by atoms with Crippen LogP contribution in [0.4, 0.5) is 5.82 Å². The lowest BCUT2D eigenvalue weighted by Crippen LogP contribution is -2.26. The number of anilines is 1. The molecule has 2 aromatic rings. The van der Waals surface area contributed by atoms with Gasteiger partial charge < -0.3 is 10.2 Å². The van der Waals surface area contributed by atoms with E-state index in [0.29, 0.717) is 6.04 Å². The molecule has 2 aromatic heterocycles. The highest BCUT2D eigenvalue weighted by Crippen LogP contribution is 2.40. The van der Waals surface area contributed by atoms with E-state index in [9.17, 15) is 0 Å². The SMILES string of the molecule is CC(C)NCc1c(N2CC3CCCC3C2)nc2sccn12. The Morgan fingerprint density at radius 1 is 1.33 bits per heavy atom. The molecule has 1 N–H and O–H groups in total. The molecule has 2 unspecified atom stereocenters. The van der Waals surface area contributed by atoms with Gasteiger partial charge in [0.15, 0.2) is 10.8 Å². The van der Waals surface area contributed by atoms with E-state index >= 15 is 0 Å². The minimum absolute atomic E-state index is 0.500. The van der Waals surface area contributed by atoms with E-state index in [2.05, 4.69) is 40.0 Å². The summed E-state index contributed by atoms with van der Waals surface area (Å²) in [5.74, 6) is 3.05. The Kier molecular flexibility index (Phi) is 3.42. The Morgan fingerprint density at radius 3 is 2.81 bits per heavy atom. The molecule has 21 heavy (non-hydrogen) atoms. The number of rotatable bonds is 4. The van der Waals surface area contributed by atoms with E-state index in [4.69, 9.17) is 4.98 Å². The third-order valence-electron chi connectivity index (χ3n) is 5.04. The normalized spacial score (nSPS) is 25.4. The number of hydrogen-bond donors (Lipinski definition) is 1. The third-order valence-corrected chi connectivity index (χ3v) is 5.80. The number of imidazole rings is 1. The second-order valence-corrected chi connectivity index (χ2v) is 7.70. The molecule has 4 rings (SSSR count). The summed E-state index contributed by atoms with van der Waals surface area (Å²) < 4.78 is 2.27. The highest BCUT2D eigenvalue weighted by Gasteiger charge is 2.37. The Labute approximate surface area is 130 Å². The molecule has 0 amide bonds. The van der Waals surface area contributed by atoms with Crippen LogP contribution in [0.25, 0.3) is 4.96 Å². The van der Waals surface area contributed by atoms with Gasteiger partial charge in [-0.1, -0.05) is 20.3 Å². The fourth-order valence-corrected chi connectivity index (χ4v) is 4.68. The zero-order valence-corrected chi connectivity index (χ0v) is 13.7. The minimum Gasteiger partial charge on any atom is -0.354 e. The van der Waals surface area contributed by atoms with Gasteiger partial charge in [-0.15, -0.1) is 11.3 Å². The Hall–Kier alpha value is -1.07. The monoisotopic (exact) mass is 304 g/mol. The molecule has 1 aliphatic heterocycles. The summed E-state index contributed by atoms with van der Waals surface area (Å²) in [6, 6.07) is 0.500. The average molecular weight is 304 g/mol. The van der Waals surface area contributed by atoms with Crippen molar-refractivity contribution >= 4 is 22.1 Å². The van der Waals surface area contributed by atoms with Gasteiger partial charge in [-0.05, 0) is 24.7 Å². The minimum atomic E-state index is 0.500. The van der Waals surface area contributed by atoms with Crippen LogP contribution in [-0.2, 0) is 6.54 Å². The molecule has 0 spiro atoms. The maximum absolute atomic E-state index is 4.93. The molecule has 2 fully saturated rings. The number of nitrogens with zero attached hydrogens (tertiary/aromatic N) is 3. The van der Waals surface area contributed by atoms with Gasteiger partial charge in [-0.25, -0.2) is 4.98 Å². The van der Waals surface area contributed by atoms with Crippen molar-refractivity contribution in [1.82, 2.24) is 14.7 Å². The van der Waals surface area contributed by atoms with Crippen molar-refractivity contribution in [3.05, 3.63) is 17.3 Å². The second kappa shape index (κ2) is 5.29. The van der Waals surface area contributed by atoms with E-state index in [1.165, 1.54) is 43.9 Å². The van der Waals surface area contributed by atoms with Crippen LogP contribution in [0.2, 0.25) is 0 Å². The smallest absolute Gasteiger partial charge is 0.195 e. The van der Waals surface area contributed by atoms with Crippen LogP contribution < -0.4 is 10.2 Å². The largest absolute Gasteiger partial charge is 0.354 e. The molecule has 0 radical (unpaired) electrons. The lowest BCUT2D eigenvalue weighted by atomic mass is 10.0. The molecular weight excluding hydrogens is 280 g/mol. The predicted octanol–water partition coefficient (Wildman–Crippen LogP) is 3.13. The van der Waals surface area contributed by atoms with Gasteiger partial charge in [-0.2, -0.15) is 0 Å². The van der Waals surface area contributed by atoms with E-state index in [0.717, 1.165) is 23.3 Å². The van der Waals surface area contributed by atoms with Gasteiger partial charge in [-0.3, -0.25) is 4.40 Å².